The molecule has 1 aromatic heterocycles. The van der Waals surface area contributed by atoms with E-state index in [2.05, 4.69) is 10.5 Å². The molecule has 2 rings (SSSR count). The van der Waals surface area contributed by atoms with E-state index in [0.717, 1.165) is 30.3 Å². The summed E-state index contributed by atoms with van der Waals surface area (Å²) >= 11 is 1.70. The number of nitrogens with zero attached hydrogens (tertiary/aromatic N) is 2. The van der Waals surface area contributed by atoms with E-state index in [1.807, 2.05) is 17.9 Å². The van der Waals surface area contributed by atoms with E-state index >= 15 is 0 Å². The number of sulfone groups is 1. The van der Waals surface area contributed by atoms with E-state index < -0.39 is 15.2 Å². The summed E-state index contributed by atoms with van der Waals surface area (Å²) in [5.74, 6) is 2.49. The molecule has 1 fully saturated rings. The minimum Gasteiger partial charge on any atom is -0.360 e. The van der Waals surface area contributed by atoms with Gasteiger partial charge in [0, 0.05) is 36.4 Å². The van der Waals surface area contributed by atoms with E-state index in [1.165, 1.54) is 0 Å². The summed E-state index contributed by atoms with van der Waals surface area (Å²) in [7, 11) is -3.07. The van der Waals surface area contributed by atoms with Crippen molar-refractivity contribution in [2.75, 3.05) is 30.3 Å². The lowest BCUT2D eigenvalue weighted by molar-refractivity contribution is 0.227. The molecule has 0 aliphatic carbocycles. The molecule has 1 unspecified atom stereocenters. The average molecular weight is 333 g/mol. The maximum absolute atomic E-state index is 12.2. The molecule has 6 nitrogen and oxygen atoms in total. The third-order valence-electron chi connectivity index (χ3n) is 3.53. The van der Waals surface area contributed by atoms with Gasteiger partial charge in [0.2, 0.25) is 0 Å². The summed E-state index contributed by atoms with van der Waals surface area (Å²) in [6.07, 6.45) is 0. The van der Waals surface area contributed by atoms with E-state index in [9.17, 15) is 8.42 Å². The highest BCUT2D eigenvalue weighted by Crippen LogP contribution is 2.23. The smallest absolute Gasteiger partial charge is 0.166 e. The Bertz CT molecular complexity index is 545. The molecular weight excluding hydrogens is 310 g/mol. The third-order valence-corrected chi connectivity index (χ3v) is 6.86. The Morgan fingerprint density at radius 2 is 2.33 bits per heavy atom. The number of hydrogen-bond donors (Lipinski definition) is 1. The Labute approximate surface area is 130 Å². The van der Waals surface area contributed by atoms with E-state index in [1.54, 1.807) is 18.7 Å². The summed E-state index contributed by atoms with van der Waals surface area (Å²) < 4.78 is 29.7. The number of rotatable bonds is 7. The highest BCUT2D eigenvalue weighted by Gasteiger charge is 2.33. The molecule has 21 heavy (non-hydrogen) atoms. The maximum Gasteiger partial charge on any atom is 0.166 e. The van der Waals surface area contributed by atoms with Crippen LogP contribution in [0.1, 0.15) is 25.3 Å². The summed E-state index contributed by atoms with van der Waals surface area (Å²) in [6, 6.07) is 1.90. The van der Waals surface area contributed by atoms with Crippen LogP contribution in [0.3, 0.4) is 0 Å². The Kier molecular flexibility index (Phi) is 6.09. The molecule has 8 heteroatoms. The van der Waals surface area contributed by atoms with Crippen LogP contribution in [0.5, 0.6) is 0 Å². The first-order valence-corrected chi connectivity index (χ1v) is 10.1. The van der Waals surface area contributed by atoms with E-state index in [4.69, 9.17) is 4.52 Å². The van der Waals surface area contributed by atoms with Crippen LogP contribution >= 0.6 is 11.8 Å². The molecule has 0 amide bonds. The van der Waals surface area contributed by atoms with Crippen LogP contribution in [0, 0.1) is 0 Å². The Morgan fingerprint density at radius 1 is 1.52 bits per heavy atom. The molecule has 2 heterocycles. The second-order valence-electron chi connectivity index (χ2n) is 5.02. The number of hydrogen-bond acceptors (Lipinski definition) is 7. The fourth-order valence-corrected chi connectivity index (χ4v) is 5.37. The summed E-state index contributed by atoms with van der Waals surface area (Å²) in [4.78, 5) is 1.99. The Morgan fingerprint density at radius 3 is 3.05 bits per heavy atom. The van der Waals surface area contributed by atoms with Crippen molar-refractivity contribution in [3.05, 3.63) is 17.5 Å². The lowest BCUT2D eigenvalue weighted by atomic mass is 10.3. The zero-order chi connectivity index (χ0) is 15.3. The molecule has 1 aliphatic rings. The molecular formula is C13H23N3O3S2. The normalized spacial score (nSPS) is 20.8. The molecule has 0 bridgehead atoms. The predicted octanol–water partition coefficient (Wildman–Crippen LogP) is 1.09. The molecule has 0 saturated carbocycles. The lowest BCUT2D eigenvalue weighted by Crippen LogP contribution is -2.47. The minimum atomic E-state index is -3.07. The van der Waals surface area contributed by atoms with Crippen LogP contribution in [0.2, 0.25) is 0 Å². The van der Waals surface area contributed by atoms with Crippen LogP contribution in [0.15, 0.2) is 10.6 Å². The van der Waals surface area contributed by atoms with Crippen molar-refractivity contribution in [1.29, 1.82) is 0 Å². The highest BCUT2D eigenvalue weighted by molar-refractivity contribution is 8.01. The van der Waals surface area contributed by atoms with Crippen molar-refractivity contribution in [3.8, 4) is 0 Å². The highest BCUT2D eigenvalue weighted by atomic mass is 32.2. The van der Waals surface area contributed by atoms with Crippen LogP contribution < -0.4 is 5.32 Å². The van der Waals surface area contributed by atoms with Gasteiger partial charge in [0.1, 0.15) is 5.37 Å². The Balaban J connectivity index is 2.03. The fraction of sp³-hybridized carbons (Fsp3) is 0.769. The van der Waals surface area contributed by atoms with Gasteiger partial charge in [0.15, 0.2) is 15.6 Å². The maximum atomic E-state index is 12.2. The van der Waals surface area contributed by atoms with Gasteiger partial charge in [-0.15, -0.1) is 0 Å². The van der Waals surface area contributed by atoms with Gasteiger partial charge in [-0.3, -0.25) is 4.90 Å². The SMILES string of the molecule is CCNCc1cc(CN2CCSCC2S(=O)(=O)CC)on1. The van der Waals surface area contributed by atoms with Crippen molar-refractivity contribution >= 4 is 21.6 Å². The zero-order valence-corrected chi connectivity index (χ0v) is 14.2. The van der Waals surface area contributed by atoms with Gasteiger partial charge in [-0.1, -0.05) is 19.0 Å². The van der Waals surface area contributed by atoms with Crippen LogP contribution in [0.4, 0.5) is 0 Å². The predicted molar refractivity (Wildman–Crippen MR) is 84.9 cm³/mol. The monoisotopic (exact) mass is 333 g/mol. The van der Waals surface area contributed by atoms with Crippen molar-refractivity contribution in [2.24, 2.45) is 0 Å². The van der Waals surface area contributed by atoms with E-state index in [-0.39, 0.29) is 5.75 Å². The standard InChI is InChI=1S/C13H23N3O3S2/c1-3-14-8-11-7-12(19-15-11)9-16-5-6-20-10-13(16)21(17,18)4-2/h7,13-14H,3-6,8-10H2,1-2H3. The number of thioether (sulfide) groups is 1. The van der Waals surface area contributed by atoms with Gasteiger partial charge in [0.25, 0.3) is 0 Å². The number of aromatic nitrogens is 1. The molecule has 1 aliphatic heterocycles. The van der Waals surface area contributed by atoms with Gasteiger partial charge < -0.3 is 9.84 Å². The quantitative estimate of drug-likeness (QED) is 0.800. The van der Waals surface area contributed by atoms with Crippen molar-refractivity contribution < 1.29 is 12.9 Å². The average Bonchev–Trinajstić information content (AvgIpc) is 2.93. The molecule has 0 aromatic carbocycles. The molecule has 1 atom stereocenters. The van der Waals surface area contributed by atoms with Crippen LogP contribution in [-0.2, 0) is 22.9 Å². The van der Waals surface area contributed by atoms with Crippen molar-refractivity contribution in [3.63, 3.8) is 0 Å². The summed E-state index contributed by atoms with van der Waals surface area (Å²) in [5, 5.41) is 6.78. The minimum absolute atomic E-state index is 0.177. The largest absolute Gasteiger partial charge is 0.360 e. The first kappa shape index (κ1) is 16.8. The van der Waals surface area contributed by atoms with Crippen LogP contribution in [-0.4, -0.2) is 54.2 Å². The molecule has 0 radical (unpaired) electrons. The molecule has 1 N–H and O–H groups in total. The topological polar surface area (TPSA) is 75.4 Å². The van der Waals surface area contributed by atoms with Crippen molar-refractivity contribution in [1.82, 2.24) is 15.4 Å². The zero-order valence-electron chi connectivity index (χ0n) is 12.5. The molecule has 0 spiro atoms. The molecule has 1 aromatic rings. The third kappa shape index (κ3) is 4.45. The lowest BCUT2D eigenvalue weighted by Gasteiger charge is -2.33. The first-order valence-electron chi connectivity index (χ1n) is 7.25. The van der Waals surface area contributed by atoms with E-state index in [0.29, 0.717) is 18.8 Å². The van der Waals surface area contributed by atoms with Gasteiger partial charge >= 0.3 is 0 Å². The number of nitrogens with one attached hydrogen (secondary N) is 1. The fourth-order valence-electron chi connectivity index (χ4n) is 2.29. The van der Waals surface area contributed by atoms with Crippen molar-refractivity contribution in [2.45, 2.75) is 32.3 Å². The summed E-state index contributed by atoms with van der Waals surface area (Å²) in [6.45, 7) is 6.55. The molecule has 120 valence electrons. The van der Waals surface area contributed by atoms with Crippen LogP contribution in [0.25, 0.3) is 0 Å². The summed E-state index contributed by atoms with van der Waals surface area (Å²) in [5.41, 5.74) is 0.855. The van der Waals surface area contributed by atoms with Gasteiger partial charge in [-0.2, -0.15) is 11.8 Å². The Hall–Kier alpha value is -0.570. The second kappa shape index (κ2) is 7.62. The first-order chi connectivity index (χ1) is 10.1. The molecule has 1 saturated heterocycles. The second-order valence-corrected chi connectivity index (χ2v) is 8.61. The van der Waals surface area contributed by atoms with Gasteiger partial charge in [-0.05, 0) is 6.54 Å². The van der Waals surface area contributed by atoms with Gasteiger partial charge in [-0.25, -0.2) is 8.42 Å². The van der Waals surface area contributed by atoms with Gasteiger partial charge in [0.05, 0.1) is 12.2 Å².